The van der Waals surface area contributed by atoms with E-state index < -0.39 is 7.82 Å². The van der Waals surface area contributed by atoms with Crippen LogP contribution < -0.4 is 9.84 Å². The molecule has 0 unspecified atom stereocenters. The van der Waals surface area contributed by atoms with Gasteiger partial charge in [0.25, 0.3) is 0 Å². The molecule has 0 atom stereocenters. The summed E-state index contributed by atoms with van der Waals surface area (Å²) in [5.41, 5.74) is 0.461. The summed E-state index contributed by atoms with van der Waals surface area (Å²) in [7, 11) is -4.60. The van der Waals surface area contributed by atoms with E-state index in [1.807, 2.05) is 0 Å². The lowest BCUT2D eigenvalue weighted by Gasteiger charge is -2.09. The molecule has 1 amide bonds. The Balaban J connectivity index is 2.06. The number of unbranched alkanes of at least 4 members (excludes halogenated alkanes) is 9. The molecule has 164 valence electrons. The van der Waals surface area contributed by atoms with E-state index in [2.05, 4.69) is 28.9 Å². The molecular weight excluding hydrogens is 389 g/mol. The first-order valence-electron chi connectivity index (χ1n) is 10.7. The van der Waals surface area contributed by atoms with E-state index in [1.54, 1.807) is 12.1 Å². The summed E-state index contributed by atoms with van der Waals surface area (Å²) < 4.78 is 15.4. The highest BCUT2D eigenvalue weighted by Crippen LogP contribution is 2.38. The molecule has 0 aliphatic heterocycles. The maximum absolute atomic E-state index is 12.0. The van der Waals surface area contributed by atoms with Crippen LogP contribution in [-0.4, -0.2) is 15.7 Å². The Morgan fingerprint density at radius 3 is 2.28 bits per heavy atom. The molecule has 0 fully saturated rings. The van der Waals surface area contributed by atoms with Crippen LogP contribution in [-0.2, 0) is 9.36 Å². The lowest BCUT2D eigenvalue weighted by Crippen LogP contribution is -2.11. The number of hydrogen-bond acceptors (Lipinski definition) is 3. The molecule has 7 heteroatoms. The van der Waals surface area contributed by atoms with Crippen LogP contribution in [0.25, 0.3) is 0 Å². The first kappa shape index (κ1) is 25.4. The largest absolute Gasteiger partial charge is 0.524 e. The Morgan fingerprint density at radius 2 is 1.62 bits per heavy atom. The van der Waals surface area contributed by atoms with Crippen molar-refractivity contribution < 1.29 is 23.7 Å². The number of allylic oxidation sites excluding steroid dienone is 2. The molecule has 0 aromatic heterocycles. The van der Waals surface area contributed by atoms with Gasteiger partial charge in [-0.15, -0.1) is 0 Å². The molecule has 0 saturated heterocycles. The predicted octanol–water partition coefficient (Wildman–Crippen LogP) is 6.35. The highest BCUT2D eigenvalue weighted by atomic mass is 31.2. The van der Waals surface area contributed by atoms with Gasteiger partial charge in [0.15, 0.2) is 0 Å². The minimum Gasteiger partial charge on any atom is -0.404 e. The second-order valence-electron chi connectivity index (χ2n) is 7.29. The number of benzene rings is 1. The lowest BCUT2D eigenvalue weighted by molar-refractivity contribution is -0.116. The Kier molecular flexibility index (Phi) is 13.4. The van der Waals surface area contributed by atoms with Crippen molar-refractivity contribution in [2.75, 3.05) is 5.32 Å². The van der Waals surface area contributed by atoms with Crippen LogP contribution in [0.2, 0.25) is 0 Å². The van der Waals surface area contributed by atoms with Crippen LogP contribution in [0, 0.1) is 0 Å². The Labute approximate surface area is 175 Å². The predicted molar refractivity (Wildman–Crippen MR) is 118 cm³/mol. The number of carbonyl (C=O) groups is 1. The molecule has 1 aromatic rings. The highest BCUT2D eigenvalue weighted by Gasteiger charge is 2.16. The van der Waals surface area contributed by atoms with E-state index in [-0.39, 0.29) is 11.7 Å². The molecule has 0 bridgehead atoms. The second kappa shape index (κ2) is 15.3. The average Bonchev–Trinajstić information content (AvgIpc) is 2.64. The van der Waals surface area contributed by atoms with Crippen LogP contribution in [0.1, 0.15) is 84.0 Å². The van der Waals surface area contributed by atoms with Gasteiger partial charge in [-0.3, -0.25) is 14.6 Å². The Hall–Kier alpha value is -1.62. The monoisotopic (exact) mass is 425 g/mol. The van der Waals surface area contributed by atoms with Gasteiger partial charge in [0.05, 0.1) is 0 Å². The summed E-state index contributed by atoms with van der Waals surface area (Å²) >= 11 is 0. The van der Waals surface area contributed by atoms with E-state index in [4.69, 9.17) is 9.79 Å². The van der Waals surface area contributed by atoms with E-state index in [9.17, 15) is 9.36 Å². The van der Waals surface area contributed by atoms with Crippen LogP contribution in [0.3, 0.4) is 0 Å². The van der Waals surface area contributed by atoms with Crippen molar-refractivity contribution in [3.05, 3.63) is 36.4 Å². The van der Waals surface area contributed by atoms with Gasteiger partial charge in [-0.1, -0.05) is 63.7 Å². The summed E-state index contributed by atoms with van der Waals surface area (Å²) in [4.78, 5) is 29.7. The quantitative estimate of drug-likeness (QED) is 0.163. The van der Waals surface area contributed by atoms with Crippen LogP contribution in [0.15, 0.2) is 36.4 Å². The number of hydrogen-bond donors (Lipinski definition) is 3. The number of anilines is 1. The van der Waals surface area contributed by atoms with Crippen molar-refractivity contribution in [1.29, 1.82) is 0 Å². The van der Waals surface area contributed by atoms with E-state index in [0.29, 0.717) is 12.1 Å². The molecule has 1 rings (SSSR count). The Bertz CT molecular complexity index is 656. The first-order valence-corrected chi connectivity index (χ1v) is 12.2. The van der Waals surface area contributed by atoms with Crippen molar-refractivity contribution in [2.45, 2.75) is 84.0 Å². The van der Waals surface area contributed by atoms with E-state index >= 15 is 0 Å². The molecule has 0 aliphatic rings. The summed E-state index contributed by atoms with van der Waals surface area (Å²) in [6, 6.07) is 6.05. The minimum atomic E-state index is -4.60. The molecule has 0 radical (unpaired) electrons. The number of phosphoric acid groups is 1. The molecular formula is C22H36NO5P. The van der Waals surface area contributed by atoms with Gasteiger partial charge in [-0.25, -0.2) is 4.57 Å². The van der Waals surface area contributed by atoms with Crippen molar-refractivity contribution in [1.82, 2.24) is 0 Å². The van der Waals surface area contributed by atoms with Gasteiger partial charge in [-0.2, -0.15) is 0 Å². The molecule has 1 aromatic carbocycles. The van der Waals surface area contributed by atoms with Crippen molar-refractivity contribution in [2.24, 2.45) is 0 Å². The fraction of sp³-hybridized carbons (Fsp3) is 0.591. The third kappa shape index (κ3) is 15.0. The zero-order valence-electron chi connectivity index (χ0n) is 17.5. The van der Waals surface area contributed by atoms with Gasteiger partial charge >= 0.3 is 7.82 Å². The summed E-state index contributed by atoms with van der Waals surface area (Å²) in [6.07, 6.45) is 18.0. The van der Waals surface area contributed by atoms with Gasteiger partial charge in [-0.05, 0) is 44.2 Å². The van der Waals surface area contributed by atoms with Gasteiger partial charge in [0, 0.05) is 18.2 Å². The standard InChI is InChI=1S/C22H36NO5P/c1-2-3-4-5-6-7-8-9-10-11-12-13-14-18-22(24)23-20-16-15-17-21(19-20)28-29(25,26)27/h7-8,15-17,19H,2-6,9-14,18H2,1H3,(H,23,24)(H2,25,26,27)/b8-7-. The first-order chi connectivity index (χ1) is 13.9. The topological polar surface area (TPSA) is 95.9 Å². The third-order valence-electron chi connectivity index (χ3n) is 4.51. The SMILES string of the molecule is CCCCCC/C=C\CCCCCCCC(=O)Nc1cccc(OP(=O)(O)O)c1. The van der Waals surface area contributed by atoms with Gasteiger partial charge in [0.2, 0.25) is 5.91 Å². The van der Waals surface area contributed by atoms with E-state index in [1.165, 1.54) is 57.1 Å². The summed E-state index contributed by atoms with van der Waals surface area (Å²) in [6.45, 7) is 2.23. The number of phosphoric ester groups is 1. The summed E-state index contributed by atoms with van der Waals surface area (Å²) in [5, 5.41) is 2.73. The second-order valence-corrected chi connectivity index (χ2v) is 8.45. The fourth-order valence-corrected chi connectivity index (χ4v) is 3.38. The molecule has 0 saturated carbocycles. The third-order valence-corrected chi connectivity index (χ3v) is 4.96. The Morgan fingerprint density at radius 1 is 1.00 bits per heavy atom. The van der Waals surface area contributed by atoms with Crippen LogP contribution in [0.4, 0.5) is 5.69 Å². The molecule has 0 spiro atoms. The lowest BCUT2D eigenvalue weighted by atomic mass is 10.1. The van der Waals surface area contributed by atoms with Gasteiger partial charge in [0.1, 0.15) is 5.75 Å². The molecule has 0 aliphatic carbocycles. The van der Waals surface area contributed by atoms with Crippen molar-refractivity contribution in [3.63, 3.8) is 0 Å². The van der Waals surface area contributed by atoms with Crippen LogP contribution >= 0.6 is 7.82 Å². The highest BCUT2D eigenvalue weighted by molar-refractivity contribution is 7.46. The number of nitrogens with one attached hydrogen (secondary N) is 1. The zero-order chi connectivity index (χ0) is 21.4. The summed E-state index contributed by atoms with van der Waals surface area (Å²) in [5.74, 6) is -0.0875. The molecule has 0 heterocycles. The zero-order valence-corrected chi connectivity index (χ0v) is 18.4. The average molecular weight is 426 g/mol. The van der Waals surface area contributed by atoms with Crippen molar-refractivity contribution >= 4 is 19.4 Å². The van der Waals surface area contributed by atoms with E-state index in [0.717, 1.165) is 25.7 Å². The number of rotatable bonds is 16. The van der Waals surface area contributed by atoms with Crippen molar-refractivity contribution in [3.8, 4) is 5.75 Å². The fourth-order valence-electron chi connectivity index (χ4n) is 2.99. The smallest absolute Gasteiger partial charge is 0.404 e. The number of carbonyl (C=O) groups excluding carboxylic acids is 1. The maximum atomic E-state index is 12.0. The normalized spacial score (nSPS) is 11.7. The van der Waals surface area contributed by atoms with Gasteiger partial charge < -0.3 is 9.84 Å². The van der Waals surface area contributed by atoms with Crippen LogP contribution in [0.5, 0.6) is 5.75 Å². The minimum absolute atomic E-state index is 0.0196. The molecule has 3 N–H and O–H groups in total. The molecule has 29 heavy (non-hydrogen) atoms. The molecule has 6 nitrogen and oxygen atoms in total. The number of amides is 1. The maximum Gasteiger partial charge on any atom is 0.524 e.